The molecule has 20 heavy (non-hydrogen) atoms. The Kier molecular flexibility index (Phi) is 6.01. The molecule has 0 aliphatic heterocycles. The first kappa shape index (κ1) is 17.0. The van der Waals surface area contributed by atoms with Crippen LogP contribution in [0, 0.1) is 6.92 Å². The van der Waals surface area contributed by atoms with Crippen LogP contribution >= 0.6 is 11.6 Å². The van der Waals surface area contributed by atoms with Crippen LogP contribution in [-0.4, -0.2) is 35.0 Å². The normalized spacial score (nSPS) is 11.9. The van der Waals surface area contributed by atoms with E-state index in [0.29, 0.717) is 23.0 Å². The van der Waals surface area contributed by atoms with Gasteiger partial charge in [-0.1, -0.05) is 11.6 Å². The molecule has 0 spiro atoms. The highest BCUT2D eigenvalue weighted by molar-refractivity contribution is 6.32. The lowest BCUT2D eigenvalue weighted by Crippen LogP contribution is -2.19. The Morgan fingerprint density at radius 1 is 1.45 bits per heavy atom. The van der Waals surface area contributed by atoms with E-state index in [-0.39, 0.29) is 25.2 Å². The molecule has 1 rings (SSSR count). The van der Waals surface area contributed by atoms with Gasteiger partial charge in [-0.05, 0) is 13.8 Å². The third-order valence-corrected chi connectivity index (χ3v) is 3.10. The maximum atomic E-state index is 11.8. The molecule has 0 bridgehead atoms. The van der Waals surface area contributed by atoms with Crippen molar-refractivity contribution in [2.24, 2.45) is 0 Å². The molecule has 1 aromatic heterocycles. The zero-order chi connectivity index (χ0) is 15.3. The van der Waals surface area contributed by atoms with Gasteiger partial charge >= 0.3 is 6.18 Å². The summed E-state index contributed by atoms with van der Waals surface area (Å²) in [6.07, 6.45) is -4.41. The fourth-order valence-corrected chi connectivity index (χ4v) is 1.89. The first-order chi connectivity index (χ1) is 9.24. The fourth-order valence-electron chi connectivity index (χ4n) is 1.69. The van der Waals surface area contributed by atoms with E-state index in [1.807, 2.05) is 6.92 Å². The number of carbonyl (C=O) groups excluding carboxylic acids is 1. The maximum absolute atomic E-state index is 11.8. The molecule has 4 nitrogen and oxygen atoms in total. The van der Waals surface area contributed by atoms with Crippen molar-refractivity contribution in [3.63, 3.8) is 0 Å². The molecule has 0 N–H and O–H groups in total. The highest BCUT2D eigenvalue weighted by Crippen LogP contribution is 2.21. The van der Waals surface area contributed by atoms with Crippen molar-refractivity contribution in [2.75, 3.05) is 13.2 Å². The van der Waals surface area contributed by atoms with Crippen LogP contribution in [0.4, 0.5) is 13.2 Å². The number of hydrogen-bond donors (Lipinski definition) is 0. The Labute approximate surface area is 119 Å². The van der Waals surface area contributed by atoms with E-state index in [9.17, 15) is 18.0 Å². The summed E-state index contributed by atoms with van der Waals surface area (Å²) in [5.41, 5.74) is 1.22. The number of aryl methyl sites for hydroxylation is 2. The van der Waals surface area contributed by atoms with Crippen molar-refractivity contribution in [1.82, 2.24) is 9.78 Å². The Hall–Kier alpha value is -1.08. The lowest BCUT2D eigenvalue weighted by Gasteiger charge is -2.08. The van der Waals surface area contributed by atoms with E-state index in [1.54, 1.807) is 11.6 Å². The zero-order valence-electron chi connectivity index (χ0n) is 11.3. The Bertz CT molecular complexity index is 472. The van der Waals surface area contributed by atoms with Crippen molar-refractivity contribution in [2.45, 2.75) is 39.4 Å². The second-order valence-corrected chi connectivity index (χ2v) is 4.67. The monoisotopic (exact) mass is 312 g/mol. The number of ketones is 1. The molecule has 114 valence electrons. The van der Waals surface area contributed by atoms with Gasteiger partial charge in [-0.25, -0.2) is 0 Å². The van der Waals surface area contributed by atoms with Crippen LogP contribution in [0.1, 0.15) is 24.7 Å². The van der Waals surface area contributed by atoms with E-state index < -0.39 is 12.8 Å². The van der Waals surface area contributed by atoms with Crippen LogP contribution in [-0.2, 0) is 22.5 Å². The minimum absolute atomic E-state index is 0.0445. The second kappa shape index (κ2) is 7.08. The summed E-state index contributed by atoms with van der Waals surface area (Å²) in [5, 5.41) is 4.59. The maximum Gasteiger partial charge on any atom is 0.411 e. The standard InChI is InChI=1S/C12H16ClF3N2O2/c1-3-18-10(11(13)8(2)17-18)6-9(19)4-5-20-7-12(14,15)16/h3-7H2,1-2H3. The van der Waals surface area contributed by atoms with Gasteiger partial charge in [-0.15, -0.1) is 0 Å². The molecule has 0 amide bonds. The van der Waals surface area contributed by atoms with Gasteiger partial charge in [-0.2, -0.15) is 18.3 Å². The molecular weight excluding hydrogens is 297 g/mol. The van der Waals surface area contributed by atoms with Crippen molar-refractivity contribution in [3.8, 4) is 0 Å². The van der Waals surface area contributed by atoms with Crippen LogP contribution in [0.25, 0.3) is 0 Å². The van der Waals surface area contributed by atoms with E-state index in [4.69, 9.17) is 11.6 Å². The molecule has 0 fully saturated rings. The molecular formula is C12H16ClF3N2O2. The molecule has 0 aromatic carbocycles. The van der Waals surface area contributed by atoms with Gasteiger partial charge in [0, 0.05) is 19.4 Å². The average Bonchev–Trinajstić information content (AvgIpc) is 2.61. The molecule has 0 aliphatic rings. The average molecular weight is 313 g/mol. The van der Waals surface area contributed by atoms with Crippen molar-refractivity contribution in [3.05, 3.63) is 16.4 Å². The largest absolute Gasteiger partial charge is 0.411 e. The zero-order valence-corrected chi connectivity index (χ0v) is 12.0. The van der Waals surface area contributed by atoms with E-state index in [0.717, 1.165) is 0 Å². The van der Waals surface area contributed by atoms with E-state index in [1.165, 1.54) is 0 Å². The number of Topliss-reactive ketones (excluding diaryl/α,β-unsaturated/α-hetero) is 1. The molecule has 0 saturated heterocycles. The van der Waals surface area contributed by atoms with Crippen LogP contribution in [0.15, 0.2) is 0 Å². The third-order valence-electron chi connectivity index (χ3n) is 2.61. The summed E-state index contributed by atoms with van der Waals surface area (Å²) in [4.78, 5) is 11.7. The molecule has 0 aliphatic carbocycles. The first-order valence-electron chi connectivity index (χ1n) is 6.12. The predicted molar refractivity (Wildman–Crippen MR) is 67.9 cm³/mol. The molecule has 0 saturated carbocycles. The highest BCUT2D eigenvalue weighted by atomic mass is 35.5. The quantitative estimate of drug-likeness (QED) is 0.727. The van der Waals surface area contributed by atoms with Crippen molar-refractivity contribution >= 4 is 17.4 Å². The Balaban J connectivity index is 2.47. The van der Waals surface area contributed by atoms with Gasteiger partial charge in [0.2, 0.25) is 0 Å². The van der Waals surface area contributed by atoms with Gasteiger partial charge in [0.1, 0.15) is 12.4 Å². The summed E-state index contributed by atoms with van der Waals surface area (Å²) in [6.45, 7) is 2.57. The molecule has 8 heteroatoms. The van der Waals surface area contributed by atoms with Crippen molar-refractivity contribution in [1.29, 1.82) is 0 Å². The van der Waals surface area contributed by atoms with Crippen LogP contribution in [0.5, 0.6) is 0 Å². The Morgan fingerprint density at radius 3 is 2.65 bits per heavy atom. The van der Waals surface area contributed by atoms with Gasteiger partial charge in [-0.3, -0.25) is 9.48 Å². The molecule has 1 aromatic rings. The minimum atomic E-state index is -4.37. The topological polar surface area (TPSA) is 44.1 Å². The van der Waals surface area contributed by atoms with Crippen LogP contribution in [0.2, 0.25) is 5.02 Å². The number of ether oxygens (including phenoxy) is 1. The summed E-state index contributed by atoms with van der Waals surface area (Å²) in [5.74, 6) is -0.233. The lowest BCUT2D eigenvalue weighted by atomic mass is 10.1. The van der Waals surface area contributed by atoms with Crippen LogP contribution < -0.4 is 0 Å². The summed E-state index contributed by atoms with van der Waals surface area (Å²) < 4.78 is 41.5. The van der Waals surface area contributed by atoms with E-state index >= 15 is 0 Å². The summed E-state index contributed by atoms with van der Waals surface area (Å²) >= 11 is 6.04. The van der Waals surface area contributed by atoms with Crippen molar-refractivity contribution < 1.29 is 22.7 Å². The number of alkyl halides is 3. The summed E-state index contributed by atoms with van der Waals surface area (Å²) in [7, 11) is 0. The summed E-state index contributed by atoms with van der Waals surface area (Å²) in [6, 6.07) is 0. The van der Waals surface area contributed by atoms with E-state index in [2.05, 4.69) is 9.84 Å². The second-order valence-electron chi connectivity index (χ2n) is 4.30. The Morgan fingerprint density at radius 2 is 2.10 bits per heavy atom. The minimum Gasteiger partial charge on any atom is -0.372 e. The van der Waals surface area contributed by atoms with Crippen LogP contribution in [0.3, 0.4) is 0 Å². The number of halogens is 4. The third kappa shape index (κ3) is 5.13. The van der Waals surface area contributed by atoms with Gasteiger partial charge in [0.05, 0.1) is 23.0 Å². The fraction of sp³-hybridized carbons (Fsp3) is 0.667. The first-order valence-corrected chi connectivity index (χ1v) is 6.50. The molecule has 1 heterocycles. The molecule has 0 atom stereocenters. The molecule has 0 radical (unpaired) electrons. The smallest absolute Gasteiger partial charge is 0.372 e. The van der Waals surface area contributed by atoms with Gasteiger partial charge < -0.3 is 4.74 Å². The molecule has 0 unspecified atom stereocenters. The van der Waals surface area contributed by atoms with Gasteiger partial charge in [0.15, 0.2) is 0 Å². The SMILES string of the molecule is CCn1nc(C)c(Cl)c1CC(=O)CCOCC(F)(F)F. The number of carbonyl (C=O) groups is 1. The predicted octanol–water partition coefficient (Wildman–Crippen LogP) is 2.95. The number of rotatable bonds is 7. The van der Waals surface area contributed by atoms with Gasteiger partial charge in [0.25, 0.3) is 0 Å². The number of aromatic nitrogens is 2. The number of hydrogen-bond acceptors (Lipinski definition) is 3. The lowest BCUT2D eigenvalue weighted by molar-refractivity contribution is -0.174. The number of nitrogens with zero attached hydrogens (tertiary/aromatic N) is 2. The highest BCUT2D eigenvalue weighted by Gasteiger charge is 2.27.